The van der Waals surface area contributed by atoms with Crippen LogP contribution < -0.4 is 14.2 Å². The van der Waals surface area contributed by atoms with Crippen LogP contribution in [-0.2, 0) is 6.54 Å². The predicted octanol–water partition coefficient (Wildman–Crippen LogP) is 3.58. The average Bonchev–Trinajstić information content (AvgIpc) is 3.46. The Labute approximate surface area is 153 Å². The highest BCUT2D eigenvalue weighted by Crippen LogP contribution is 2.44. The van der Waals surface area contributed by atoms with Gasteiger partial charge in [-0.25, -0.2) is 4.98 Å². The number of fused-ring (bicyclic) bond motifs is 1. The number of methoxy groups -OCH3 is 1. The number of aromatic nitrogens is 3. The lowest BCUT2D eigenvalue weighted by Gasteiger charge is -2.09. The number of benzene rings is 1. The lowest BCUT2D eigenvalue weighted by molar-refractivity contribution is 0.171. The standard InChI is InChI=1S/C19H15N3O5/c1-23-16-7-12(8-17-18(16)26-11-25-17)19-20-4-5-22(19)10-13-9-15(27-21-13)14-3-2-6-24-14/h2-9H,10-11H2,1H3. The Kier molecular flexibility index (Phi) is 3.60. The van der Waals surface area contributed by atoms with Crippen molar-refractivity contribution in [3.05, 3.63) is 54.7 Å². The molecule has 1 aliphatic heterocycles. The zero-order valence-electron chi connectivity index (χ0n) is 14.4. The maximum absolute atomic E-state index is 5.51. The zero-order chi connectivity index (χ0) is 18.2. The molecule has 1 aromatic carbocycles. The maximum atomic E-state index is 5.51. The number of furan rings is 1. The second-order valence-electron chi connectivity index (χ2n) is 5.95. The molecule has 0 unspecified atom stereocenters. The van der Waals surface area contributed by atoms with E-state index in [4.69, 9.17) is 23.2 Å². The summed E-state index contributed by atoms with van der Waals surface area (Å²) in [5.74, 6) is 3.84. The van der Waals surface area contributed by atoms with Gasteiger partial charge < -0.3 is 27.7 Å². The highest BCUT2D eigenvalue weighted by Gasteiger charge is 2.22. The normalized spacial score (nSPS) is 12.5. The van der Waals surface area contributed by atoms with Crippen LogP contribution in [0.5, 0.6) is 17.2 Å². The summed E-state index contributed by atoms with van der Waals surface area (Å²) < 4.78 is 29.1. The molecule has 0 bridgehead atoms. The SMILES string of the molecule is COc1cc(-c2nccn2Cc2cc(-c3ccco3)on2)cc2c1OCO2. The Morgan fingerprint density at radius 1 is 1.19 bits per heavy atom. The van der Waals surface area contributed by atoms with Gasteiger partial charge in [-0.3, -0.25) is 0 Å². The third kappa shape index (κ3) is 2.71. The topological polar surface area (TPSA) is 84.7 Å². The molecule has 8 heteroatoms. The molecule has 0 aliphatic carbocycles. The van der Waals surface area contributed by atoms with Gasteiger partial charge >= 0.3 is 0 Å². The van der Waals surface area contributed by atoms with Crippen molar-refractivity contribution in [2.24, 2.45) is 0 Å². The zero-order valence-corrected chi connectivity index (χ0v) is 14.4. The first-order valence-electron chi connectivity index (χ1n) is 8.30. The molecule has 3 aromatic heterocycles. The van der Waals surface area contributed by atoms with E-state index in [0.29, 0.717) is 35.3 Å². The third-order valence-electron chi connectivity index (χ3n) is 4.29. The molecule has 0 saturated carbocycles. The number of hydrogen-bond donors (Lipinski definition) is 0. The van der Waals surface area contributed by atoms with Crippen LogP contribution >= 0.6 is 0 Å². The van der Waals surface area contributed by atoms with Crippen LogP contribution in [0, 0.1) is 0 Å². The minimum atomic E-state index is 0.179. The average molecular weight is 365 g/mol. The van der Waals surface area contributed by atoms with Gasteiger partial charge in [0.1, 0.15) is 11.5 Å². The molecule has 27 heavy (non-hydrogen) atoms. The van der Waals surface area contributed by atoms with E-state index in [1.807, 2.05) is 35.0 Å². The van der Waals surface area contributed by atoms with E-state index in [-0.39, 0.29) is 6.79 Å². The first kappa shape index (κ1) is 15.6. The Morgan fingerprint density at radius 3 is 3.00 bits per heavy atom. The number of hydrogen-bond acceptors (Lipinski definition) is 7. The molecule has 0 saturated heterocycles. The molecule has 0 spiro atoms. The highest BCUT2D eigenvalue weighted by molar-refractivity contribution is 5.67. The fraction of sp³-hybridized carbons (Fsp3) is 0.158. The van der Waals surface area contributed by atoms with Crippen molar-refractivity contribution in [3.63, 3.8) is 0 Å². The summed E-state index contributed by atoms with van der Waals surface area (Å²) in [6.07, 6.45) is 5.21. The quantitative estimate of drug-likeness (QED) is 0.534. The van der Waals surface area contributed by atoms with Gasteiger partial charge in [0.15, 0.2) is 17.3 Å². The lowest BCUT2D eigenvalue weighted by Crippen LogP contribution is -2.01. The van der Waals surface area contributed by atoms with Crippen molar-refractivity contribution < 1.29 is 23.2 Å². The first-order chi connectivity index (χ1) is 13.3. The fourth-order valence-electron chi connectivity index (χ4n) is 3.05. The molecule has 0 fully saturated rings. The van der Waals surface area contributed by atoms with E-state index in [1.165, 1.54) is 0 Å². The molecule has 0 radical (unpaired) electrons. The van der Waals surface area contributed by atoms with Crippen molar-refractivity contribution in [1.82, 2.24) is 14.7 Å². The second-order valence-corrected chi connectivity index (χ2v) is 5.95. The van der Waals surface area contributed by atoms with E-state index in [2.05, 4.69) is 10.1 Å². The van der Waals surface area contributed by atoms with Crippen LogP contribution in [0.4, 0.5) is 0 Å². The fourth-order valence-corrected chi connectivity index (χ4v) is 3.05. The predicted molar refractivity (Wildman–Crippen MR) is 93.6 cm³/mol. The summed E-state index contributed by atoms with van der Waals surface area (Å²) in [5.41, 5.74) is 1.62. The second kappa shape index (κ2) is 6.24. The van der Waals surface area contributed by atoms with Gasteiger partial charge in [0, 0.05) is 24.0 Å². The molecular weight excluding hydrogens is 350 g/mol. The van der Waals surface area contributed by atoms with Gasteiger partial charge in [0.05, 0.1) is 19.9 Å². The summed E-state index contributed by atoms with van der Waals surface area (Å²) in [7, 11) is 1.60. The molecule has 0 amide bonds. The van der Waals surface area contributed by atoms with Gasteiger partial charge in [-0.1, -0.05) is 5.16 Å². The highest BCUT2D eigenvalue weighted by atomic mass is 16.7. The summed E-state index contributed by atoms with van der Waals surface area (Å²) in [6.45, 7) is 0.675. The molecule has 136 valence electrons. The van der Waals surface area contributed by atoms with Gasteiger partial charge in [0.2, 0.25) is 18.3 Å². The Bertz CT molecular complexity index is 1080. The Hall–Kier alpha value is -3.68. The molecule has 8 nitrogen and oxygen atoms in total. The molecule has 0 N–H and O–H groups in total. The smallest absolute Gasteiger partial charge is 0.231 e. The maximum Gasteiger partial charge on any atom is 0.231 e. The molecular formula is C19H15N3O5. The lowest BCUT2D eigenvalue weighted by atomic mass is 10.1. The minimum absolute atomic E-state index is 0.179. The third-order valence-corrected chi connectivity index (χ3v) is 4.29. The van der Waals surface area contributed by atoms with Crippen LogP contribution in [0.2, 0.25) is 0 Å². The van der Waals surface area contributed by atoms with Crippen molar-refractivity contribution in [3.8, 4) is 40.2 Å². The van der Waals surface area contributed by atoms with Crippen molar-refractivity contribution in [1.29, 1.82) is 0 Å². The van der Waals surface area contributed by atoms with E-state index in [9.17, 15) is 0 Å². The van der Waals surface area contributed by atoms with Crippen LogP contribution in [-0.4, -0.2) is 28.6 Å². The van der Waals surface area contributed by atoms with E-state index in [0.717, 1.165) is 17.1 Å². The largest absolute Gasteiger partial charge is 0.493 e. The minimum Gasteiger partial charge on any atom is -0.493 e. The van der Waals surface area contributed by atoms with Crippen LogP contribution in [0.1, 0.15) is 5.69 Å². The number of ether oxygens (including phenoxy) is 3. The Morgan fingerprint density at radius 2 is 2.15 bits per heavy atom. The van der Waals surface area contributed by atoms with Crippen LogP contribution in [0.3, 0.4) is 0 Å². The first-order valence-corrected chi connectivity index (χ1v) is 8.30. The number of nitrogens with zero attached hydrogens (tertiary/aromatic N) is 3. The van der Waals surface area contributed by atoms with Gasteiger partial charge in [0.25, 0.3) is 0 Å². The van der Waals surface area contributed by atoms with E-state index >= 15 is 0 Å². The molecule has 0 atom stereocenters. The van der Waals surface area contributed by atoms with Gasteiger partial charge in [-0.05, 0) is 24.3 Å². The molecule has 4 aromatic rings. The van der Waals surface area contributed by atoms with Crippen molar-refractivity contribution in [2.45, 2.75) is 6.54 Å². The van der Waals surface area contributed by atoms with Crippen LogP contribution in [0.15, 0.2) is 57.9 Å². The van der Waals surface area contributed by atoms with Crippen molar-refractivity contribution in [2.75, 3.05) is 13.9 Å². The summed E-state index contributed by atoms with van der Waals surface area (Å²) in [5, 5.41) is 4.12. The summed E-state index contributed by atoms with van der Waals surface area (Å²) in [4.78, 5) is 4.47. The Balaban J connectivity index is 1.47. The van der Waals surface area contributed by atoms with E-state index in [1.54, 1.807) is 25.6 Å². The number of imidazole rings is 1. The molecule has 1 aliphatic rings. The van der Waals surface area contributed by atoms with Gasteiger partial charge in [-0.2, -0.15) is 0 Å². The molecule has 4 heterocycles. The monoisotopic (exact) mass is 365 g/mol. The number of rotatable bonds is 5. The van der Waals surface area contributed by atoms with Crippen molar-refractivity contribution >= 4 is 0 Å². The molecule has 5 rings (SSSR count). The summed E-state index contributed by atoms with van der Waals surface area (Å²) in [6, 6.07) is 9.25. The van der Waals surface area contributed by atoms with E-state index < -0.39 is 0 Å². The van der Waals surface area contributed by atoms with Crippen LogP contribution in [0.25, 0.3) is 22.9 Å². The van der Waals surface area contributed by atoms with Gasteiger partial charge in [-0.15, -0.1) is 0 Å². The summed E-state index contributed by atoms with van der Waals surface area (Å²) >= 11 is 0.